The maximum absolute atomic E-state index is 12.3. The van der Waals surface area contributed by atoms with Crippen LogP contribution >= 0.6 is 0 Å². The second-order valence-electron chi connectivity index (χ2n) is 5.16. The van der Waals surface area contributed by atoms with E-state index in [0.717, 1.165) is 25.8 Å². The van der Waals surface area contributed by atoms with Crippen molar-refractivity contribution in [2.24, 2.45) is 17.6 Å². The van der Waals surface area contributed by atoms with Crippen molar-refractivity contribution in [1.82, 2.24) is 10.2 Å². The summed E-state index contributed by atoms with van der Waals surface area (Å²) in [7, 11) is 0. The van der Waals surface area contributed by atoms with Crippen LogP contribution in [0.5, 0.6) is 0 Å². The van der Waals surface area contributed by atoms with Crippen molar-refractivity contribution >= 4 is 11.8 Å². The third-order valence-electron chi connectivity index (χ3n) is 3.98. The molecule has 0 bridgehead atoms. The van der Waals surface area contributed by atoms with Crippen LogP contribution in [0, 0.1) is 11.8 Å². The zero-order valence-electron chi connectivity index (χ0n) is 10.3. The van der Waals surface area contributed by atoms with Crippen LogP contribution in [0.2, 0.25) is 0 Å². The molecule has 3 N–H and O–H groups in total. The third-order valence-corrected chi connectivity index (χ3v) is 3.98. The van der Waals surface area contributed by atoms with Gasteiger partial charge in [-0.25, -0.2) is 0 Å². The second kappa shape index (κ2) is 5.04. The van der Waals surface area contributed by atoms with E-state index >= 15 is 0 Å². The van der Waals surface area contributed by atoms with Crippen LogP contribution in [0.1, 0.15) is 26.2 Å². The van der Waals surface area contributed by atoms with Crippen molar-refractivity contribution in [2.45, 2.75) is 32.2 Å². The molecule has 2 aliphatic rings. The van der Waals surface area contributed by atoms with Crippen molar-refractivity contribution < 1.29 is 9.59 Å². The fraction of sp³-hybridized carbons (Fsp3) is 0.833. The number of nitrogens with two attached hydrogens (primary N) is 1. The molecule has 5 heteroatoms. The SMILES string of the molecule is CC1NCCCC1C(=O)N1CCC(C(N)=O)C1. The van der Waals surface area contributed by atoms with E-state index in [1.807, 2.05) is 4.90 Å². The molecular weight excluding hydrogens is 218 g/mol. The summed E-state index contributed by atoms with van der Waals surface area (Å²) in [5.74, 6) is -0.176. The Bertz CT molecular complexity index is 319. The van der Waals surface area contributed by atoms with Crippen LogP contribution in [-0.4, -0.2) is 42.4 Å². The lowest BCUT2D eigenvalue weighted by molar-refractivity contribution is -0.136. The Kier molecular flexibility index (Phi) is 3.66. The number of nitrogens with zero attached hydrogens (tertiary/aromatic N) is 1. The first kappa shape index (κ1) is 12.4. The van der Waals surface area contributed by atoms with Crippen LogP contribution in [0.4, 0.5) is 0 Å². The van der Waals surface area contributed by atoms with Crippen LogP contribution < -0.4 is 11.1 Å². The molecule has 0 radical (unpaired) electrons. The highest BCUT2D eigenvalue weighted by molar-refractivity contribution is 5.82. The maximum atomic E-state index is 12.3. The molecule has 0 aliphatic carbocycles. The monoisotopic (exact) mass is 239 g/mol. The number of carbonyl (C=O) groups excluding carboxylic acids is 2. The van der Waals surface area contributed by atoms with Gasteiger partial charge in [-0.15, -0.1) is 0 Å². The second-order valence-corrected chi connectivity index (χ2v) is 5.16. The third kappa shape index (κ3) is 2.60. The zero-order valence-corrected chi connectivity index (χ0v) is 10.3. The van der Waals surface area contributed by atoms with Gasteiger partial charge in [-0.1, -0.05) is 0 Å². The molecule has 0 saturated carbocycles. The normalized spacial score (nSPS) is 33.7. The molecule has 0 aromatic rings. The lowest BCUT2D eigenvalue weighted by Crippen LogP contribution is -2.47. The van der Waals surface area contributed by atoms with Crippen LogP contribution in [0.25, 0.3) is 0 Å². The van der Waals surface area contributed by atoms with Crippen molar-refractivity contribution in [3.05, 3.63) is 0 Å². The number of amides is 2. The van der Waals surface area contributed by atoms with Gasteiger partial charge in [0, 0.05) is 19.1 Å². The fourth-order valence-electron chi connectivity index (χ4n) is 2.81. The van der Waals surface area contributed by atoms with E-state index in [2.05, 4.69) is 12.2 Å². The Labute approximate surface area is 102 Å². The van der Waals surface area contributed by atoms with Gasteiger partial charge in [-0.3, -0.25) is 9.59 Å². The number of likely N-dealkylation sites (tertiary alicyclic amines) is 1. The zero-order chi connectivity index (χ0) is 12.4. The molecule has 96 valence electrons. The molecule has 0 spiro atoms. The number of piperidine rings is 1. The molecule has 2 fully saturated rings. The summed E-state index contributed by atoms with van der Waals surface area (Å²) in [6.45, 7) is 4.24. The molecule has 2 saturated heterocycles. The highest BCUT2D eigenvalue weighted by Gasteiger charge is 2.35. The van der Waals surface area contributed by atoms with Crippen molar-refractivity contribution in [2.75, 3.05) is 19.6 Å². The predicted octanol–water partition coefficient (Wildman–Crippen LogP) is -0.292. The average Bonchev–Trinajstić information content (AvgIpc) is 2.78. The van der Waals surface area contributed by atoms with Gasteiger partial charge in [0.2, 0.25) is 11.8 Å². The molecule has 5 nitrogen and oxygen atoms in total. The van der Waals surface area contributed by atoms with E-state index in [4.69, 9.17) is 5.73 Å². The smallest absolute Gasteiger partial charge is 0.227 e. The Morgan fingerprint density at radius 2 is 2.12 bits per heavy atom. The number of primary amides is 1. The first-order valence-corrected chi connectivity index (χ1v) is 6.41. The molecule has 3 atom stereocenters. The highest BCUT2D eigenvalue weighted by atomic mass is 16.2. The number of rotatable bonds is 2. The molecule has 2 heterocycles. The summed E-state index contributed by atoms with van der Waals surface area (Å²) in [6, 6.07) is 0.240. The van der Waals surface area contributed by atoms with E-state index < -0.39 is 0 Å². The molecule has 2 amide bonds. The van der Waals surface area contributed by atoms with E-state index in [9.17, 15) is 9.59 Å². The Morgan fingerprint density at radius 1 is 1.35 bits per heavy atom. The lowest BCUT2D eigenvalue weighted by atomic mass is 9.91. The van der Waals surface area contributed by atoms with Gasteiger partial charge in [-0.2, -0.15) is 0 Å². The van der Waals surface area contributed by atoms with E-state index in [1.165, 1.54) is 0 Å². The number of hydrogen-bond acceptors (Lipinski definition) is 3. The summed E-state index contributed by atoms with van der Waals surface area (Å²) < 4.78 is 0. The fourth-order valence-corrected chi connectivity index (χ4v) is 2.81. The van der Waals surface area contributed by atoms with Gasteiger partial charge in [0.25, 0.3) is 0 Å². The first-order chi connectivity index (χ1) is 8.09. The van der Waals surface area contributed by atoms with E-state index in [0.29, 0.717) is 13.1 Å². The molecule has 2 rings (SSSR count). The molecule has 0 aromatic carbocycles. The summed E-state index contributed by atoms with van der Waals surface area (Å²) in [4.78, 5) is 25.2. The van der Waals surface area contributed by atoms with Gasteiger partial charge >= 0.3 is 0 Å². The van der Waals surface area contributed by atoms with Gasteiger partial charge in [-0.05, 0) is 32.7 Å². The van der Waals surface area contributed by atoms with Gasteiger partial charge in [0.1, 0.15) is 0 Å². The highest BCUT2D eigenvalue weighted by Crippen LogP contribution is 2.23. The quantitative estimate of drug-likeness (QED) is 0.695. The number of carbonyl (C=O) groups is 2. The first-order valence-electron chi connectivity index (χ1n) is 6.41. The van der Waals surface area contributed by atoms with Crippen LogP contribution in [0.15, 0.2) is 0 Å². The van der Waals surface area contributed by atoms with Crippen molar-refractivity contribution in [3.63, 3.8) is 0 Å². The van der Waals surface area contributed by atoms with E-state index in [1.54, 1.807) is 0 Å². The summed E-state index contributed by atoms with van der Waals surface area (Å²) >= 11 is 0. The van der Waals surface area contributed by atoms with Gasteiger partial charge in [0.15, 0.2) is 0 Å². The standard InChI is InChI=1S/C12H21N3O2/c1-8-10(3-2-5-14-8)12(17)15-6-4-9(7-15)11(13)16/h8-10,14H,2-7H2,1H3,(H2,13,16). The minimum absolute atomic E-state index is 0.0652. The van der Waals surface area contributed by atoms with Crippen LogP contribution in [-0.2, 0) is 9.59 Å². The largest absolute Gasteiger partial charge is 0.369 e. The van der Waals surface area contributed by atoms with E-state index in [-0.39, 0.29) is 29.7 Å². The number of hydrogen-bond donors (Lipinski definition) is 2. The number of nitrogens with one attached hydrogen (secondary N) is 1. The maximum Gasteiger partial charge on any atom is 0.227 e. The molecule has 0 aromatic heterocycles. The van der Waals surface area contributed by atoms with Gasteiger partial charge in [0.05, 0.1) is 11.8 Å². The lowest BCUT2D eigenvalue weighted by Gasteiger charge is -2.32. The molecule has 2 aliphatic heterocycles. The summed E-state index contributed by atoms with van der Waals surface area (Å²) in [5.41, 5.74) is 5.28. The molecule has 3 unspecified atom stereocenters. The minimum atomic E-state index is -0.282. The minimum Gasteiger partial charge on any atom is -0.369 e. The van der Waals surface area contributed by atoms with Crippen LogP contribution in [0.3, 0.4) is 0 Å². The molecule has 17 heavy (non-hydrogen) atoms. The van der Waals surface area contributed by atoms with Gasteiger partial charge < -0.3 is 16.0 Å². The average molecular weight is 239 g/mol. The van der Waals surface area contributed by atoms with Crippen molar-refractivity contribution in [1.29, 1.82) is 0 Å². The topological polar surface area (TPSA) is 75.4 Å². The Balaban J connectivity index is 1.94. The predicted molar refractivity (Wildman–Crippen MR) is 64.1 cm³/mol. The Hall–Kier alpha value is -1.10. The summed E-state index contributed by atoms with van der Waals surface area (Å²) in [5, 5.41) is 3.33. The Morgan fingerprint density at radius 3 is 2.71 bits per heavy atom. The van der Waals surface area contributed by atoms with Crippen molar-refractivity contribution in [3.8, 4) is 0 Å². The summed E-state index contributed by atoms with van der Waals surface area (Å²) in [6.07, 6.45) is 2.72. The molecular formula is C12H21N3O2.